The molecule has 1 unspecified atom stereocenters. The summed E-state index contributed by atoms with van der Waals surface area (Å²) in [6, 6.07) is 4.23. The van der Waals surface area contributed by atoms with Crippen LogP contribution in [-0.4, -0.2) is 24.0 Å². The Morgan fingerprint density at radius 1 is 1.19 bits per heavy atom. The van der Waals surface area contributed by atoms with E-state index in [1.165, 1.54) is 0 Å². The van der Waals surface area contributed by atoms with Gasteiger partial charge in [0.2, 0.25) is 0 Å². The molecule has 0 radical (unpaired) electrons. The number of anilines is 1. The molecule has 16 heavy (non-hydrogen) atoms. The molecular weight excluding hydrogens is 198 g/mol. The molecule has 0 aliphatic carbocycles. The first-order valence-corrected chi connectivity index (χ1v) is 5.99. The van der Waals surface area contributed by atoms with Crippen molar-refractivity contribution in [1.29, 1.82) is 0 Å². The maximum atomic E-state index is 5.72. The molecule has 0 spiro atoms. The molecule has 3 heteroatoms. The van der Waals surface area contributed by atoms with E-state index < -0.39 is 0 Å². The second-order valence-corrected chi connectivity index (χ2v) is 3.12. The van der Waals surface area contributed by atoms with Crippen molar-refractivity contribution in [3.05, 3.63) is 23.9 Å². The van der Waals surface area contributed by atoms with Crippen LogP contribution >= 0.6 is 0 Å². The average molecular weight is 225 g/mol. The summed E-state index contributed by atoms with van der Waals surface area (Å²) in [6.45, 7) is 10.1. The van der Waals surface area contributed by atoms with Crippen LogP contribution in [0.1, 0.15) is 46.2 Å². The van der Waals surface area contributed by atoms with E-state index in [0.29, 0.717) is 11.9 Å². The van der Waals surface area contributed by atoms with Gasteiger partial charge in [-0.25, -0.2) is 4.98 Å². The number of rotatable bonds is 2. The lowest BCUT2D eigenvalue weighted by Crippen LogP contribution is -2.18. The van der Waals surface area contributed by atoms with Gasteiger partial charge in [0.25, 0.3) is 0 Å². The zero-order valence-electron chi connectivity index (χ0n) is 11.8. The van der Waals surface area contributed by atoms with Crippen LogP contribution < -0.4 is 5.73 Å². The SMILES string of the molecule is CC.CC.CC(c1cccnc1N)N(C)C. The third kappa shape index (κ3) is 5.71. The molecule has 0 fully saturated rings. The number of hydrogen-bond acceptors (Lipinski definition) is 3. The normalized spacial score (nSPS) is 10.8. The van der Waals surface area contributed by atoms with Gasteiger partial charge in [-0.3, -0.25) is 0 Å². The Hall–Kier alpha value is -1.09. The van der Waals surface area contributed by atoms with Crippen LogP contribution in [0.25, 0.3) is 0 Å². The molecule has 0 aliphatic heterocycles. The van der Waals surface area contributed by atoms with Crippen molar-refractivity contribution in [3.63, 3.8) is 0 Å². The van der Waals surface area contributed by atoms with Crippen LogP contribution in [0.4, 0.5) is 5.82 Å². The van der Waals surface area contributed by atoms with Gasteiger partial charge in [-0.1, -0.05) is 33.8 Å². The number of nitrogens with two attached hydrogens (primary N) is 1. The fourth-order valence-electron chi connectivity index (χ4n) is 1.06. The van der Waals surface area contributed by atoms with Crippen LogP contribution in [-0.2, 0) is 0 Å². The van der Waals surface area contributed by atoms with Gasteiger partial charge in [0.15, 0.2) is 0 Å². The second kappa shape index (κ2) is 10.4. The predicted molar refractivity (Wildman–Crippen MR) is 73.4 cm³/mol. The molecular formula is C13H27N3. The molecule has 94 valence electrons. The molecule has 3 nitrogen and oxygen atoms in total. The lowest BCUT2D eigenvalue weighted by atomic mass is 10.1. The topological polar surface area (TPSA) is 42.1 Å². The Labute approximate surface area is 101 Å². The summed E-state index contributed by atoms with van der Waals surface area (Å²) in [5.74, 6) is 0.624. The molecule has 1 rings (SSSR count). The Bertz CT molecular complexity index is 259. The van der Waals surface area contributed by atoms with Crippen molar-refractivity contribution < 1.29 is 0 Å². The van der Waals surface area contributed by atoms with Gasteiger partial charge in [0.1, 0.15) is 5.82 Å². The van der Waals surface area contributed by atoms with Crippen LogP contribution in [0.3, 0.4) is 0 Å². The fraction of sp³-hybridized carbons (Fsp3) is 0.615. The molecule has 0 aliphatic rings. The molecule has 1 heterocycles. The molecule has 0 bridgehead atoms. The molecule has 1 atom stereocenters. The van der Waals surface area contributed by atoms with Crippen LogP contribution in [0.5, 0.6) is 0 Å². The number of hydrogen-bond donors (Lipinski definition) is 1. The van der Waals surface area contributed by atoms with Crippen molar-refractivity contribution in [3.8, 4) is 0 Å². The van der Waals surface area contributed by atoms with E-state index in [2.05, 4.69) is 16.8 Å². The van der Waals surface area contributed by atoms with Crippen molar-refractivity contribution in [2.45, 2.75) is 40.7 Å². The highest BCUT2D eigenvalue weighted by molar-refractivity contribution is 5.40. The van der Waals surface area contributed by atoms with Gasteiger partial charge in [0, 0.05) is 17.8 Å². The molecule has 1 aromatic rings. The summed E-state index contributed by atoms with van der Waals surface area (Å²) in [4.78, 5) is 6.14. The minimum Gasteiger partial charge on any atom is -0.383 e. The largest absolute Gasteiger partial charge is 0.383 e. The molecule has 0 saturated heterocycles. The third-order valence-corrected chi connectivity index (χ3v) is 2.10. The lowest BCUT2D eigenvalue weighted by Gasteiger charge is -2.20. The number of aromatic nitrogens is 1. The summed E-state index contributed by atoms with van der Waals surface area (Å²) in [5.41, 5.74) is 6.81. The van der Waals surface area contributed by atoms with Crippen molar-refractivity contribution in [2.24, 2.45) is 0 Å². The zero-order valence-corrected chi connectivity index (χ0v) is 11.8. The smallest absolute Gasteiger partial charge is 0.128 e. The summed E-state index contributed by atoms with van der Waals surface area (Å²) >= 11 is 0. The molecule has 2 N–H and O–H groups in total. The quantitative estimate of drug-likeness (QED) is 0.839. The van der Waals surface area contributed by atoms with Crippen molar-refractivity contribution >= 4 is 5.82 Å². The van der Waals surface area contributed by atoms with Crippen molar-refractivity contribution in [2.75, 3.05) is 19.8 Å². The van der Waals surface area contributed by atoms with E-state index in [4.69, 9.17) is 5.73 Å². The van der Waals surface area contributed by atoms with Gasteiger partial charge >= 0.3 is 0 Å². The summed E-state index contributed by atoms with van der Waals surface area (Å²) < 4.78 is 0. The van der Waals surface area contributed by atoms with E-state index in [0.717, 1.165) is 5.56 Å². The first kappa shape index (κ1) is 17.3. The van der Waals surface area contributed by atoms with Gasteiger partial charge < -0.3 is 10.6 Å². The Morgan fingerprint density at radius 3 is 2.06 bits per heavy atom. The Kier molecular flexibility index (Phi) is 11.3. The van der Waals surface area contributed by atoms with E-state index in [1.807, 2.05) is 53.9 Å². The number of pyridine rings is 1. The van der Waals surface area contributed by atoms with Gasteiger partial charge in [-0.15, -0.1) is 0 Å². The fourth-order valence-corrected chi connectivity index (χ4v) is 1.06. The highest BCUT2D eigenvalue weighted by Gasteiger charge is 2.10. The first-order chi connectivity index (χ1) is 7.63. The van der Waals surface area contributed by atoms with Crippen LogP contribution in [0, 0.1) is 0 Å². The van der Waals surface area contributed by atoms with Crippen LogP contribution in [0.2, 0.25) is 0 Å². The maximum absolute atomic E-state index is 5.72. The predicted octanol–water partition coefficient (Wildman–Crippen LogP) is 3.34. The van der Waals surface area contributed by atoms with Gasteiger partial charge in [-0.05, 0) is 27.1 Å². The maximum Gasteiger partial charge on any atom is 0.128 e. The summed E-state index contributed by atoms with van der Waals surface area (Å²) in [5, 5.41) is 0. The second-order valence-electron chi connectivity index (χ2n) is 3.12. The third-order valence-electron chi connectivity index (χ3n) is 2.10. The Balaban J connectivity index is 0. The highest BCUT2D eigenvalue weighted by Crippen LogP contribution is 2.20. The Morgan fingerprint density at radius 2 is 1.69 bits per heavy atom. The van der Waals surface area contributed by atoms with Gasteiger partial charge in [0.05, 0.1) is 0 Å². The van der Waals surface area contributed by atoms with E-state index in [-0.39, 0.29) is 0 Å². The summed E-state index contributed by atoms with van der Waals surface area (Å²) in [7, 11) is 4.05. The minimum atomic E-state index is 0.318. The molecule has 1 aromatic heterocycles. The van der Waals surface area contributed by atoms with E-state index >= 15 is 0 Å². The molecule has 0 aromatic carbocycles. The van der Waals surface area contributed by atoms with Crippen LogP contribution in [0.15, 0.2) is 18.3 Å². The molecule has 0 saturated carbocycles. The number of nitrogens with zero attached hydrogens (tertiary/aromatic N) is 2. The monoisotopic (exact) mass is 225 g/mol. The van der Waals surface area contributed by atoms with Gasteiger partial charge in [-0.2, -0.15) is 0 Å². The highest BCUT2D eigenvalue weighted by atomic mass is 15.1. The lowest BCUT2D eigenvalue weighted by molar-refractivity contribution is 0.321. The van der Waals surface area contributed by atoms with E-state index in [1.54, 1.807) is 6.20 Å². The van der Waals surface area contributed by atoms with Crippen molar-refractivity contribution in [1.82, 2.24) is 9.88 Å². The zero-order chi connectivity index (χ0) is 13.1. The average Bonchev–Trinajstić information content (AvgIpc) is 2.34. The standard InChI is InChI=1S/C9H15N3.2C2H6/c1-7(12(2)3)8-5-4-6-11-9(8)10;2*1-2/h4-7H,1-3H3,(H2,10,11);2*1-2H3. The van der Waals surface area contributed by atoms with E-state index in [9.17, 15) is 0 Å². The number of nitrogen functional groups attached to an aromatic ring is 1. The minimum absolute atomic E-state index is 0.318. The summed E-state index contributed by atoms with van der Waals surface area (Å²) in [6.07, 6.45) is 1.71. The molecule has 0 amide bonds. The first-order valence-electron chi connectivity index (χ1n) is 5.99.